The Bertz CT molecular complexity index is 495. The number of hydrogen-bond acceptors (Lipinski definition) is 3. The van der Waals surface area contributed by atoms with Crippen LogP contribution >= 0.6 is 15.9 Å². The van der Waals surface area contributed by atoms with Crippen molar-refractivity contribution in [3.8, 4) is 0 Å². The van der Waals surface area contributed by atoms with Gasteiger partial charge in [0.25, 0.3) is 0 Å². The van der Waals surface area contributed by atoms with Crippen molar-refractivity contribution < 1.29 is 22.7 Å². The molecule has 0 aliphatic rings. The van der Waals surface area contributed by atoms with Crippen LogP contribution in [-0.4, -0.2) is 32.2 Å². The first-order valence-electron chi connectivity index (χ1n) is 6.13. The molecule has 0 aromatic heterocycles. The Morgan fingerprint density at radius 1 is 1.43 bits per heavy atom. The van der Waals surface area contributed by atoms with Crippen LogP contribution in [0.25, 0.3) is 0 Å². The van der Waals surface area contributed by atoms with Crippen LogP contribution in [0.4, 0.5) is 18.9 Å². The molecule has 0 aliphatic carbocycles. The number of benzene rings is 1. The number of ether oxygens (including phenoxy) is 1. The van der Waals surface area contributed by atoms with E-state index in [0.29, 0.717) is 11.1 Å². The quantitative estimate of drug-likeness (QED) is 0.811. The molecule has 1 aromatic rings. The van der Waals surface area contributed by atoms with Gasteiger partial charge in [-0.25, -0.2) is 0 Å². The zero-order chi connectivity index (χ0) is 16.0. The van der Waals surface area contributed by atoms with Crippen LogP contribution in [0.15, 0.2) is 22.7 Å². The number of methoxy groups -OCH3 is 1. The summed E-state index contributed by atoms with van der Waals surface area (Å²) < 4.78 is 43.8. The Kier molecular flexibility index (Phi) is 6.47. The van der Waals surface area contributed by atoms with E-state index in [9.17, 15) is 18.0 Å². The van der Waals surface area contributed by atoms with Crippen LogP contribution < -0.4 is 10.6 Å². The molecule has 0 bridgehead atoms. The number of nitrogens with one attached hydrogen (secondary N) is 2. The molecular formula is C13H16BrF3N2O2. The van der Waals surface area contributed by atoms with Gasteiger partial charge >= 0.3 is 6.18 Å². The average molecular weight is 369 g/mol. The predicted molar refractivity (Wildman–Crippen MR) is 77.1 cm³/mol. The van der Waals surface area contributed by atoms with Crippen molar-refractivity contribution in [3.05, 3.63) is 28.2 Å². The lowest BCUT2D eigenvalue weighted by Crippen LogP contribution is -2.39. The normalized spacial score (nSPS) is 12.9. The molecule has 21 heavy (non-hydrogen) atoms. The third kappa shape index (κ3) is 5.92. The van der Waals surface area contributed by atoms with Crippen molar-refractivity contribution >= 4 is 27.5 Å². The highest BCUT2D eigenvalue weighted by atomic mass is 79.9. The molecule has 0 fully saturated rings. The van der Waals surface area contributed by atoms with E-state index in [4.69, 9.17) is 4.74 Å². The van der Waals surface area contributed by atoms with Crippen molar-refractivity contribution in [2.45, 2.75) is 19.1 Å². The second-order valence-electron chi connectivity index (χ2n) is 4.47. The second kappa shape index (κ2) is 7.65. The average Bonchev–Trinajstić information content (AvgIpc) is 2.36. The largest absolute Gasteiger partial charge is 0.418 e. The van der Waals surface area contributed by atoms with Crippen LogP contribution in [0.5, 0.6) is 0 Å². The maximum Gasteiger partial charge on any atom is 0.418 e. The summed E-state index contributed by atoms with van der Waals surface area (Å²) in [6, 6.07) is 3.51. The van der Waals surface area contributed by atoms with Crippen molar-refractivity contribution in [2.24, 2.45) is 0 Å². The monoisotopic (exact) mass is 368 g/mol. The first kappa shape index (κ1) is 17.8. The first-order valence-corrected chi connectivity index (χ1v) is 6.92. The number of carbonyl (C=O) groups excluding carboxylic acids is 1. The molecule has 2 N–H and O–H groups in total. The standard InChI is InChI=1S/C13H16BrF3N2O2/c1-8(7-21-2)19-12(20)6-18-11-4-3-9(14)5-10(11)13(15,16)17/h3-5,8,18H,6-7H2,1-2H3,(H,19,20). The van der Waals surface area contributed by atoms with Gasteiger partial charge in [0, 0.05) is 23.3 Å². The van der Waals surface area contributed by atoms with E-state index < -0.39 is 17.6 Å². The van der Waals surface area contributed by atoms with Crippen molar-refractivity contribution in [2.75, 3.05) is 25.6 Å². The van der Waals surface area contributed by atoms with Crippen LogP contribution in [0, 0.1) is 0 Å². The maximum atomic E-state index is 12.9. The predicted octanol–water partition coefficient (Wildman–Crippen LogP) is 3.03. The highest BCUT2D eigenvalue weighted by Crippen LogP contribution is 2.36. The van der Waals surface area contributed by atoms with Crippen LogP contribution in [-0.2, 0) is 15.7 Å². The van der Waals surface area contributed by atoms with Crippen LogP contribution in [0.2, 0.25) is 0 Å². The fourth-order valence-corrected chi connectivity index (χ4v) is 2.06. The summed E-state index contributed by atoms with van der Waals surface area (Å²) >= 11 is 3.00. The zero-order valence-corrected chi connectivity index (χ0v) is 13.1. The van der Waals surface area contributed by atoms with Gasteiger partial charge in [0.05, 0.1) is 18.7 Å². The number of halogens is 4. The van der Waals surface area contributed by atoms with Gasteiger partial charge in [-0.1, -0.05) is 15.9 Å². The number of anilines is 1. The molecule has 1 aromatic carbocycles. The Labute approximate surface area is 129 Å². The van der Waals surface area contributed by atoms with Crippen LogP contribution in [0.1, 0.15) is 12.5 Å². The van der Waals surface area contributed by atoms with Gasteiger partial charge in [-0.2, -0.15) is 13.2 Å². The van der Waals surface area contributed by atoms with Gasteiger partial charge in [0.1, 0.15) is 0 Å². The summed E-state index contributed by atoms with van der Waals surface area (Å²) in [4.78, 5) is 11.6. The molecule has 1 rings (SSSR count). The van der Waals surface area contributed by atoms with Gasteiger partial charge in [0.15, 0.2) is 0 Å². The molecule has 0 heterocycles. The lowest BCUT2D eigenvalue weighted by molar-refractivity contribution is -0.137. The highest BCUT2D eigenvalue weighted by Gasteiger charge is 2.33. The minimum Gasteiger partial charge on any atom is -0.383 e. The summed E-state index contributed by atoms with van der Waals surface area (Å²) in [7, 11) is 1.50. The minimum absolute atomic E-state index is 0.139. The summed E-state index contributed by atoms with van der Waals surface area (Å²) in [5.74, 6) is -0.407. The Hall–Kier alpha value is -1.28. The van der Waals surface area contributed by atoms with E-state index in [1.165, 1.54) is 19.2 Å². The number of amides is 1. The number of hydrogen-bond donors (Lipinski definition) is 2. The first-order chi connectivity index (χ1) is 9.74. The van der Waals surface area contributed by atoms with Gasteiger partial charge < -0.3 is 15.4 Å². The smallest absolute Gasteiger partial charge is 0.383 e. The van der Waals surface area contributed by atoms with Gasteiger partial charge in [-0.15, -0.1) is 0 Å². The van der Waals surface area contributed by atoms with Gasteiger partial charge in [0.2, 0.25) is 5.91 Å². The van der Waals surface area contributed by atoms with E-state index in [2.05, 4.69) is 26.6 Å². The summed E-state index contributed by atoms with van der Waals surface area (Å²) in [5.41, 5.74) is -0.963. The van der Waals surface area contributed by atoms with Crippen molar-refractivity contribution in [1.29, 1.82) is 0 Å². The molecule has 0 aliphatic heterocycles. The SMILES string of the molecule is COCC(C)NC(=O)CNc1ccc(Br)cc1C(F)(F)F. The van der Waals surface area contributed by atoms with E-state index in [-0.39, 0.29) is 18.3 Å². The fourth-order valence-electron chi connectivity index (χ4n) is 1.70. The molecular weight excluding hydrogens is 353 g/mol. The fraction of sp³-hybridized carbons (Fsp3) is 0.462. The zero-order valence-electron chi connectivity index (χ0n) is 11.6. The summed E-state index contributed by atoms with van der Waals surface area (Å²) in [6.07, 6.45) is -4.49. The Morgan fingerprint density at radius 3 is 2.67 bits per heavy atom. The topological polar surface area (TPSA) is 50.4 Å². The molecule has 0 radical (unpaired) electrons. The maximum absolute atomic E-state index is 12.9. The molecule has 0 saturated carbocycles. The minimum atomic E-state index is -4.49. The van der Waals surface area contributed by atoms with E-state index in [0.717, 1.165) is 6.07 Å². The van der Waals surface area contributed by atoms with Gasteiger partial charge in [-0.3, -0.25) is 4.79 Å². The number of rotatable bonds is 6. The van der Waals surface area contributed by atoms with E-state index in [1.54, 1.807) is 6.92 Å². The number of alkyl halides is 3. The highest BCUT2D eigenvalue weighted by molar-refractivity contribution is 9.10. The molecule has 0 spiro atoms. The van der Waals surface area contributed by atoms with Crippen LogP contribution in [0.3, 0.4) is 0 Å². The second-order valence-corrected chi connectivity index (χ2v) is 5.38. The Morgan fingerprint density at radius 2 is 2.10 bits per heavy atom. The lowest BCUT2D eigenvalue weighted by Gasteiger charge is -2.16. The molecule has 1 unspecified atom stereocenters. The van der Waals surface area contributed by atoms with Gasteiger partial charge in [-0.05, 0) is 25.1 Å². The summed E-state index contributed by atoms with van der Waals surface area (Å²) in [6.45, 7) is 1.82. The lowest BCUT2D eigenvalue weighted by atomic mass is 10.1. The molecule has 8 heteroatoms. The van der Waals surface area contributed by atoms with Crippen molar-refractivity contribution in [3.63, 3.8) is 0 Å². The van der Waals surface area contributed by atoms with Crippen molar-refractivity contribution in [1.82, 2.24) is 5.32 Å². The molecule has 1 amide bonds. The van der Waals surface area contributed by atoms with E-state index >= 15 is 0 Å². The third-order valence-electron chi connectivity index (χ3n) is 2.55. The Balaban J connectivity index is 2.69. The molecule has 1 atom stereocenters. The molecule has 118 valence electrons. The summed E-state index contributed by atoms with van der Waals surface area (Å²) in [5, 5.41) is 5.10. The van der Waals surface area contributed by atoms with E-state index in [1.807, 2.05) is 0 Å². The number of carbonyl (C=O) groups is 1. The molecule has 4 nitrogen and oxygen atoms in total. The molecule has 0 saturated heterocycles. The third-order valence-corrected chi connectivity index (χ3v) is 3.04.